The lowest BCUT2D eigenvalue weighted by atomic mass is 9.89. The summed E-state index contributed by atoms with van der Waals surface area (Å²) >= 11 is 0. The van der Waals surface area contributed by atoms with Gasteiger partial charge in [0.2, 0.25) is 5.78 Å². The molecule has 0 spiro atoms. The summed E-state index contributed by atoms with van der Waals surface area (Å²) in [7, 11) is 0. The van der Waals surface area contributed by atoms with Crippen molar-refractivity contribution in [1.29, 1.82) is 0 Å². The fourth-order valence-corrected chi connectivity index (χ4v) is 4.33. The van der Waals surface area contributed by atoms with Gasteiger partial charge in [0.15, 0.2) is 0 Å². The zero-order valence-corrected chi connectivity index (χ0v) is 14.9. The summed E-state index contributed by atoms with van der Waals surface area (Å²) in [5, 5.41) is 16.0. The Kier molecular flexibility index (Phi) is 4.96. The summed E-state index contributed by atoms with van der Waals surface area (Å²) in [5.41, 5.74) is 2.97. The molecule has 6 nitrogen and oxygen atoms in total. The third-order valence-corrected chi connectivity index (χ3v) is 5.86. The second kappa shape index (κ2) is 7.37. The Morgan fingerprint density at radius 3 is 2.88 bits per heavy atom. The number of ether oxygens (including phenoxy) is 1. The van der Waals surface area contributed by atoms with Gasteiger partial charge in [0.25, 0.3) is 5.91 Å². The number of anilines is 1. The van der Waals surface area contributed by atoms with Crippen LogP contribution < -0.4 is 10.6 Å². The van der Waals surface area contributed by atoms with Crippen molar-refractivity contribution in [1.82, 2.24) is 5.32 Å². The van der Waals surface area contributed by atoms with Gasteiger partial charge in [0.05, 0.1) is 24.9 Å². The minimum atomic E-state index is -0.482. The van der Waals surface area contributed by atoms with E-state index in [1.165, 1.54) is 12.8 Å². The van der Waals surface area contributed by atoms with E-state index in [0.717, 1.165) is 36.1 Å². The topological polar surface area (TPSA) is 87.7 Å². The fraction of sp³-hybridized carbons (Fsp3) is 0.600. The van der Waals surface area contributed by atoms with Crippen LogP contribution in [0, 0.1) is 5.92 Å². The van der Waals surface area contributed by atoms with E-state index < -0.39 is 12.0 Å². The van der Waals surface area contributed by atoms with E-state index in [4.69, 9.17) is 4.74 Å². The van der Waals surface area contributed by atoms with Crippen molar-refractivity contribution in [3.8, 4) is 0 Å². The fourth-order valence-electron chi connectivity index (χ4n) is 4.33. The lowest BCUT2D eigenvalue weighted by molar-refractivity contribution is -0.138. The van der Waals surface area contributed by atoms with E-state index in [1.54, 1.807) is 0 Å². The van der Waals surface area contributed by atoms with E-state index in [1.807, 2.05) is 18.2 Å². The summed E-state index contributed by atoms with van der Waals surface area (Å²) in [6.07, 6.45) is 5.07. The number of Topliss-reactive ketones (excluding diaryl/α,β-unsaturated/α-hetero) is 1. The van der Waals surface area contributed by atoms with Gasteiger partial charge in [-0.1, -0.05) is 31.7 Å². The highest BCUT2D eigenvalue weighted by Gasteiger charge is 2.36. The Bertz CT molecular complexity index is 699. The lowest BCUT2D eigenvalue weighted by Gasteiger charge is -2.40. The molecule has 1 aromatic rings. The molecule has 0 aromatic heterocycles. The van der Waals surface area contributed by atoms with E-state index in [2.05, 4.69) is 10.6 Å². The molecule has 1 aliphatic carbocycles. The van der Waals surface area contributed by atoms with Crippen molar-refractivity contribution >= 4 is 17.4 Å². The number of nitrogens with one attached hydrogen (secondary N) is 2. The number of hydrogen-bond acceptors (Lipinski definition) is 5. The number of carbonyl (C=O) groups excluding carboxylic acids is 2. The summed E-state index contributed by atoms with van der Waals surface area (Å²) in [5.74, 6) is -0.399. The van der Waals surface area contributed by atoms with Crippen LogP contribution in [0.4, 0.5) is 5.69 Å². The minimum Gasteiger partial charge on any atom is -0.389 e. The Morgan fingerprint density at radius 1 is 1.27 bits per heavy atom. The van der Waals surface area contributed by atoms with Gasteiger partial charge in [-0.25, -0.2) is 0 Å². The highest BCUT2D eigenvalue weighted by Crippen LogP contribution is 2.39. The van der Waals surface area contributed by atoms with E-state index in [9.17, 15) is 14.7 Å². The van der Waals surface area contributed by atoms with Crippen LogP contribution in [0.15, 0.2) is 18.2 Å². The number of ketones is 1. The highest BCUT2D eigenvalue weighted by atomic mass is 16.5. The van der Waals surface area contributed by atoms with Gasteiger partial charge < -0.3 is 20.5 Å². The first-order valence-electron chi connectivity index (χ1n) is 9.60. The Balaban J connectivity index is 1.36. The highest BCUT2D eigenvalue weighted by molar-refractivity contribution is 6.36. The average Bonchev–Trinajstić information content (AvgIpc) is 3.16. The van der Waals surface area contributed by atoms with E-state index >= 15 is 0 Å². The molecule has 1 saturated heterocycles. The zero-order valence-electron chi connectivity index (χ0n) is 14.9. The molecule has 2 aliphatic heterocycles. The molecular weight excluding hydrogens is 332 g/mol. The molecule has 0 radical (unpaired) electrons. The Morgan fingerprint density at radius 2 is 2.08 bits per heavy atom. The predicted octanol–water partition coefficient (Wildman–Crippen LogP) is 2.07. The van der Waals surface area contributed by atoms with Gasteiger partial charge in [-0.15, -0.1) is 0 Å². The van der Waals surface area contributed by atoms with Crippen LogP contribution in [0.3, 0.4) is 0 Å². The van der Waals surface area contributed by atoms with Crippen LogP contribution in [0.2, 0.25) is 0 Å². The van der Waals surface area contributed by atoms with Crippen LogP contribution in [0.25, 0.3) is 0 Å². The molecule has 3 N–H and O–H groups in total. The van der Waals surface area contributed by atoms with E-state index in [0.29, 0.717) is 25.5 Å². The first-order valence-corrected chi connectivity index (χ1v) is 9.60. The number of hydrogen-bond donors (Lipinski definition) is 3. The van der Waals surface area contributed by atoms with Crippen LogP contribution in [-0.4, -0.2) is 35.5 Å². The maximum Gasteiger partial charge on any atom is 0.287 e. The molecule has 2 heterocycles. The van der Waals surface area contributed by atoms with Gasteiger partial charge in [0.1, 0.15) is 0 Å². The lowest BCUT2D eigenvalue weighted by Crippen LogP contribution is -2.46. The minimum absolute atomic E-state index is 0.0278. The molecule has 1 saturated carbocycles. The third-order valence-electron chi connectivity index (χ3n) is 5.86. The van der Waals surface area contributed by atoms with Gasteiger partial charge in [-0.2, -0.15) is 0 Å². The molecule has 0 unspecified atom stereocenters. The maximum atomic E-state index is 12.1. The van der Waals surface area contributed by atoms with Crippen LogP contribution in [0.5, 0.6) is 0 Å². The van der Waals surface area contributed by atoms with Crippen LogP contribution >= 0.6 is 0 Å². The van der Waals surface area contributed by atoms with Crippen LogP contribution in [-0.2, 0) is 20.9 Å². The standard InChI is InChI=1S/C20H26N2O4/c23-17(8-12-3-1-2-4-12)20(25)21-10-13-5-6-15-14(7-13)19-9-16(22-15)18(24)11-26-19/h5-7,12,16,18-19,22,24H,1-4,8-11H2,(H,21,25)/t16-,18+,19-/m0/s1. The number of aliphatic hydroxyl groups excluding tert-OH is 1. The molecule has 140 valence electrons. The molecule has 26 heavy (non-hydrogen) atoms. The molecular formula is C20H26N2O4. The van der Waals surface area contributed by atoms with Crippen molar-refractivity contribution in [2.45, 2.75) is 63.3 Å². The Hall–Kier alpha value is -1.92. The molecule has 1 amide bonds. The monoisotopic (exact) mass is 358 g/mol. The van der Waals surface area contributed by atoms with Gasteiger partial charge in [-0.05, 0) is 23.6 Å². The Labute approximate surface area is 153 Å². The number of benzene rings is 1. The number of fused-ring (bicyclic) bond motifs is 4. The first-order chi connectivity index (χ1) is 12.6. The average molecular weight is 358 g/mol. The summed E-state index contributed by atoms with van der Waals surface area (Å²) < 4.78 is 5.75. The molecule has 3 atom stereocenters. The van der Waals surface area contributed by atoms with Gasteiger partial charge >= 0.3 is 0 Å². The van der Waals surface area contributed by atoms with Crippen molar-refractivity contribution < 1.29 is 19.4 Å². The second-order valence-electron chi connectivity index (χ2n) is 7.76. The summed E-state index contributed by atoms with van der Waals surface area (Å²) in [4.78, 5) is 24.1. The summed E-state index contributed by atoms with van der Waals surface area (Å²) in [6.45, 7) is 0.666. The SMILES string of the molecule is O=C(CC1CCCC1)C(=O)NCc1ccc2c(c1)[C@@H]1C[C@H](N2)[C@H](O)CO1. The molecule has 6 heteroatoms. The van der Waals surface area contributed by atoms with Crippen molar-refractivity contribution in [3.63, 3.8) is 0 Å². The number of rotatable bonds is 5. The number of aliphatic hydroxyl groups is 1. The molecule has 1 aromatic carbocycles. The maximum absolute atomic E-state index is 12.1. The third kappa shape index (κ3) is 3.62. The van der Waals surface area contributed by atoms with Crippen LogP contribution in [0.1, 0.15) is 55.8 Å². The van der Waals surface area contributed by atoms with Gasteiger partial charge in [-0.3, -0.25) is 9.59 Å². The largest absolute Gasteiger partial charge is 0.389 e. The van der Waals surface area contributed by atoms with Crippen molar-refractivity contribution in [2.24, 2.45) is 5.92 Å². The van der Waals surface area contributed by atoms with Gasteiger partial charge in [0, 0.05) is 30.6 Å². The smallest absolute Gasteiger partial charge is 0.287 e. The zero-order chi connectivity index (χ0) is 18.1. The predicted molar refractivity (Wildman–Crippen MR) is 96.6 cm³/mol. The molecule has 3 aliphatic rings. The first kappa shape index (κ1) is 17.5. The molecule has 2 fully saturated rings. The number of carbonyl (C=O) groups is 2. The number of amides is 1. The van der Waals surface area contributed by atoms with Crippen molar-refractivity contribution in [3.05, 3.63) is 29.3 Å². The van der Waals surface area contributed by atoms with E-state index in [-0.39, 0.29) is 17.9 Å². The molecule has 4 rings (SSSR count). The normalized spacial score (nSPS) is 27.5. The molecule has 2 bridgehead atoms. The quantitative estimate of drug-likeness (QED) is 0.702. The summed E-state index contributed by atoms with van der Waals surface area (Å²) in [6, 6.07) is 5.93. The van der Waals surface area contributed by atoms with Crippen molar-refractivity contribution in [2.75, 3.05) is 11.9 Å². The second-order valence-corrected chi connectivity index (χ2v) is 7.76.